The molecule has 2 rings (SSSR count). The van der Waals surface area contributed by atoms with Gasteiger partial charge in [-0.3, -0.25) is 4.79 Å². The van der Waals surface area contributed by atoms with Crippen molar-refractivity contribution in [2.45, 2.75) is 25.7 Å². The highest BCUT2D eigenvalue weighted by Crippen LogP contribution is 2.18. The predicted molar refractivity (Wildman–Crippen MR) is 90.3 cm³/mol. The van der Waals surface area contributed by atoms with Crippen LogP contribution in [0.3, 0.4) is 0 Å². The summed E-state index contributed by atoms with van der Waals surface area (Å²) in [5.41, 5.74) is 2.41. The molecule has 1 amide bonds. The largest absolute Gasteiger partial charge is 0.384 e. The zero-order valence-electron chi connectivity index (χ0n) is 14.0. The predicted octanol–water partition coefficient (Wildman–Crippen LogP) is 2.57. The average Bonchev–Trinajstić information content (AvgIpc) is 2.53. The van der Waals surface area contributed by atoms with Gasteiger partial charge in [0.2, 0.25) is 5.91 Å². The third-order valence-corrected chi connectivity index (χ3v) is 4.35. The van der Waals surface area contributed by atoms with Crippen LogP contribution in [-0.4, -0.2) is 51.7 Å². The van der Waals surface area contributed by atoms with Crippen LogP contribution in [0.25, 0.3) is 0 Å². The Balaban J connectivity index is 1.81. The number of ether oxygens (including phenoxy) is 1. The van der Waals surface area contributed by atoms with Crippen LogP contribution in [0.2, 0.25) is 0 Å². The minimum atomic E-state index is 0.275. The lowest BCUT2D eigenvalue weighted by atomic mass is 9.98. The summed E-state index contributed by atoms with van der Waals surface area (Å²) >= 11 is 0. The molecular weight excluding hydrogens is 276 g/mol. The van der Waals surface area contributed by atoms with E-state index in [0.717, 1.165) is 32.5 Å². The van der Waals surface area contributed by atoms with E-state index in [9.17, 15) is 4.79 Å². The molecule has 1 atom stereocenters. The Kier molecular flexibility index (Phi) is 6.25. The topological polar surface area (TPSA) is 32.8 Å². The van der Waals surface area contributed by atoms with Crippen molar-refractivity contribution >= 4 is 11.6 Å². The number of anilines is 1. The molecule has 4 nitrogen and oxygen atoms in total. The van der Waals surface area contributed by atoms with Gasteiger partial charge in [0.05, 0.1) is 6.61 Å². The van der Waals surface area contributed by atoms with Crippen LogP contribution in [0.1, 0.15) is 24.8 Å². The smallest absolute Gasteiger partial charge is 0.222 e. The second-order valence-electron chi connectivity index (χ2n) is 6.36. The Morgan fingerprint density at radius 3 is 2.68 bits per heavy atom. The van der Waals surface area contributed by atoms with Gasteiger partial charge in [-0.15, -0.1) is 0 Å². The van der Waals surface area contributed by atoms with Crippen molar-refractivity contribution in [3.63, 3.8) is 0 Å². The fraction of sp³-hybridized carbons (Fsp3) is 0.611. The Morgan fingerprint density at radius 1 is 1.32 bits per heavy atom. The molecule has 1 fully saturated rings. The number of amides is 1. The number of methoxy groups -OCH3 is 1. The van der Waals surface area contributed by atoms with Crippen LogP contribution in [0.15, 0.2) is 24.3 Å². The van der Waals surface area contributed by atoms with Gasteiger partial charge in [0.25, 0.3) is 0 Å². The number of hydrogen-bond donors (Lipinski definition) is 0. The SMILES string of the molecule is COCC1CCCN(C(=O)CCc2ccc(N(C)C)cc2)C1. The van der Waals surface area contributed by atoms with E-state index in [1.807, 2.05) is 19.0 Å². The molecule has 1 unspecified atom stereocenters. The molecule has 1 aromatic rings. The molecule has 1 aliphatic heterocycles. The summed E-state index contributed by atoms with van der Waals surface area (Å²) in [5.74, 6) is 0.777. The molecular formula is C18H28N2O2. The summed E-state index contributed by atoms with van der Waals surface area (Å²) in [6, 6.07) is 8.45. The number of rotatable bonds is 6. The number of carbonyl (C=O) groups excluding carboxylic acids is 1. The molecule has 1 aromatic carbocycles. The Labute approximate surface area is 134 Å². The molecule has 0 bridgehead atoms. The first-order chi connectivity index (χ1) is 10.6. The molecule has 0 aromatic heterocycles. The van der Waals surface area contributed by atoms with E-state index in [1.54, 1.807) is 7.11 Å². The first-order valence-electron chi connectivity index (χ1n) is 8.13. The van der Waals surface area contributed by atoms with Gasteiger partial charge < -0.3 is 14.5 Å². The van der Waals surface area contributed by atoms with Crippen molar-refractivity contribution in [3.8, 4) is 0 Å². The van der Waals surface area contributed by atoms with Crippen molar-refractivity contribution in [3.05, 3.63) is 29.8 Å². The molecule has 22 heavy (non-hydrogen) atoms. The number of carbonyl (C=O) groups is 1. The number of nitrogens with zero attached hydrogens (tertiary/aromatic N) is 2. The van der Waals surface area contributed by atoms with Crippen LogP contribution >= 0.6 is 0 Å². The normalized spacial score (nSPS) is 18.3. The van der Waals surface area contributed by atoms with Crippen molar-refractivity contribution in [2.24, 2.45) is 5.92 Å². The zero-order valence-corrected chi connectivity index (χ0v) is 14.0. The molecule has 1 saturated heterocycles. The number of benzene rings is 1. The van der Waals surface area contributed by atoms with Crippen molar-refractivity contribution in [2.75, 3.05) is 45.8 Å². The van der Waals surface area contributed by atoms with Gasteiger partial charge in [-0.1, -0.05) is 12.1 Å². The van der Waals surface area contributed by atoms with Crippen molar-refractivity contribution < 1.29 is 9.53 Å². The van der Waals surface area contributed by atoms with Gasteiger partial charge in [0, 0.05) is 46.4 Å². The van der Waals surface area contributed by atoms with Crippen molar-refractivity contribution in [1.82, 2.24) is 4.90 Å². The maximum atomic E-state index is 12.4. The standard InChI is InChI=1S/C18H28N2O2/c1-19(2)17-9-6-15(7-10-17)8-11-18(21)20-12-4-5-16(13-20)14-22-3/h6-7,9-10,16H,4-5,8,11-14H2,1-3H3. The van der Waals surface area contributed by atoms with E-state index in [0.29, 0.717) is 12.3 Å². The lowest BCUT2D eigenvalue weighted by molar-refractivity contribution is -0.133. The van der Waals surface area contributed by atoms with E-state index >= 15 is 0 Å². The Bertz CT molecular complexity index is 468. The van der Waals surface area contributed by atoms with Gasteiger partial charge in [-0.2, -0.15) is 0 Å². The second kappa shape index (κ2) is 8.18. The fourth-order valence-electron chi connectivity index (χ4n) is 3.03. The van der Waals surface area contributed by atoms with Gasteiger partial charge in [-0.05, 0) is 42.9 Å². The number of aryl methyl sites for hydroxylation is 1. The Morgan fingerprint density at radius 2 is 2.05 bits per heavy atom. The summed E-state index contributed by atoms with van der Waals surface area (Å²) in [7, 11) is 5.80. The Hall–Kier alpha value is -1.55. The summed E-state index contributed by atoms with van der Waals surface area (Å²) in [6.45, 7) is 2.51. The highest BCUT2D eigenvalue weighted by atomic mass is 16.5. The van der Waals surface area contributed by atoms with E-state index < -0.39 is 0 Å². The van der Waals surface area contributed by atoms with Crippen LogP contribution < -0.4 is 4.90 Å². The van der Waals surface area contributed by atoms with E-state index in [4.69, 9.17) is 4.74 Å². The molecule has 1 heterocycles. The fourth-order valence-corrected chi connectivity index (χ4v) is 3.03. The van der Waals surface area contributed by atoms with Gasteiger partial charge in [0.15, 0.2) is 0 Å². The quantitative estimate of drug-likeness (QED) is 0.810. The lowest BCUT2D eigenvalue weighted by Crippen LogP contribution is -2.41. The minimum absolute atomic E-state index is 0.275. The van der Waals surface area contributed by atoms with Gasteiger partial charge >= 0.3 is 0 Å². The molecule has 122 valence electrons. The first kappa shape index (κ1) is 16.8. The summed E-state index contributed by atoms with van der Waals surface area (Å²) < 4.78 is 5.23. The molecule has 0 radical (unpaired) electrons. The van der Waals surface area contributed by atoms with E-state index in [1.165, 1.54) is 17.7 Å². The maximum Gasteiger partial charge on any atom is 0.222 e. The average molecular weight is 304 g/mol. The summed E-state index contributed by atoms with van der Waals surface area (Å²) in [4.78, 5) is 16.5. The first-order valence-corrected chi connectivity index (χ1v) is 8.13. The van der Waals surface area contributed by atoms with E-state index in [2.05, 4.69) is 29.2 Å². The summed E-state index contributed by atoms with van der Waals surface area (Å²) in [6.07, 6.45) is 3.68. The second-order valence-corrected chi connectivity index (χ2v) is 6.36. The van der Waals surface area contributed by atoms with Crippen molar-refractivity contribution in [1.29, 1.82) is 0 Å². The zero-order chi connectivity index (χ0) is 15.9. The minimum Gasteiger partial charge on any atom is -0.384 e. The number of likely N-dealkylation sites (tertiary alicyclic amines) is 1. The molecule has 4 heteroatoms. The highest BCUT2D eigenvalue weighted by Gasteiger charge is 2.23. The molecule has 1 aliphatic rings. The lowest BCUT2D eigenvalue weighted by Gasteiger charge is -2.32. The molecule has 0 spiro atoms. The van der Waals surface area contributed by atoms with E-state index in [-0.39, 0.29) is 5.91 Å². The van der Waals surface area contributed by atoms with Crippen LogP contribution in [0, 0.1) is 5.92 Å². The van der Waals surface area contributed by atoms with Crippen LogP contribution in [-0.2, 0) is 16.0 Å². The maximum absolute atomic E-state index is 12.4. The molecule has 0 N–H and O–H groups in total. The number of piperidine rings is 1. The summed E-state index contributed by atoms with van der Waals surface area (Å²) in [5, 5.41) is 0. The number of hydrogen-bond acceptors (Lipinski definition) is 3. The third kappa shape index (κ3) is 4.73. The highest BCUT2D eigenvalue weighted by molar-refractivity contribution is 5.76. The van der Waals surface area contributed by atoms with Gasteiger partial charge in [-0.25, -0.2) is 0 Å². The third-order valence-electron chi connectivity index (χ3n) is 4.35. The van der Waals surface area contributed by atoms with Crippen LogP contribution in [0.5, 0.6) is 0 Å². The monoisotopic (exact) mass is 304 g/mol. The van der Waals surface area contributed by atoms with Gasteiger partial charge in [0.1, 0.15) is 0 Å². The molecule has 0 aliphatic carbocycles. The van der Waals surface area contributed by atoms with Crippen LogP contribution in [0.4, 0.5) is 5.69 Å². The molecule has 0 saturated carbocycles.